The van der Waals surface area contributed by atoms with E-state index in [9.17, 15) is 9.18 Å². The number of piperidine rings is 2. The standard InChI is InChI=1S/C23H32FN5O2/c24-18-1-4-20-21(15-18)31-27-22(20)17-8-11-28(12-9-17)10-5-16-6-13-29(14-7-16)26-23(30)25-19-2-3-19/h1,4,15-17,19H,2-3,5-14H2,(H2,25,26,30). The van der Waals surface area contributed by atoms with E-state index in [1.165, 1.54) is 18.6 Å². The summed E-state index contributed by atoms with van der Waals surface area (Å²) in [5.41, 5.74) is 4.52. The van der Waals surface area contributed by atoms with Crippen molar-refractivity contribution in [3.63, 3.8) is 0 Å². The highest BCUT2D eigenvalue weighted by Crippen LogP contribution is 2.33. The first-order valence-electron chi connectivity index (χ1n) is 11.7. The lowest BCUT2D eigenvalue weighted by Gasteiger charge is -2.35. The van der Waals surface area contributed by atoms with Crippen LogP contribution in [-0.4, -0.2) is 59.9 Å². The number of urea groups is 1. The summed E-state index contributed by atoms with van der Waals surface area (Å²) < 4.78 is 18.7. The first-order chi connectivity index (χ1) is 15.1. The Balaban J connectivity index is 1.02. The number of carbonyl (C=O) groups is 1. The van der Waals surface area contributed by atoms with Crippen LogP contribution in [0.4, 0.5) is 9.18 Å². The third-order valence-electron chi connectivity index (χ3n) is 7.08. The SMILES string of the molecule is O=C(NC1CC1)NN1CCC(CCN2CCC(c3noc4cc(F)ccc34)CC2)CC1. The van der Waals surface area contributed by atoms with Crippen molar-refractivity contribution < 1.29 is 13.7 Å². The summed E-state index contributed by atoms with van der Waals surface area (Å²) in [5.74, 6) is 0.837. The van der Waals surface area contributed by atoms with Crippen LogP contribution < -0.4 is 10.7 Å². The lowest BCUT2D eigenvalue weighted by atomic mass is 9.90. The summed E-state index contributed by atoms with van der Waals surface area (Å²) in [6.45, 7) is 5.15. The number of nitrogens with one attached hydrogen (secondary N) is 2. The van der Waals surface area contributed by atoms with Gasteiger partial charge in [-0.25, -0.2) is 14.2 Å². The van der Waals surface area contributed by atoms with Crippen LogP contribution in [0.25, 0.3) is 11.0 Å². The van der Waals surface area contributed by atoms with E-state index in [4.69, 9.17) is 4.52 Å². The van der Waals surface area contributed by atoms with Gasteiger partial charge in [0.1, 0.15) is 5.82 Å². The Labute approximate surface area is 182 Å². The Kier molecular flexibility index (Phi) is 6.09. The maximum atomic E-state index is 13.4. The highest BCUT2D eigenvalue weighted by molar-refractivity contribution is 5.79. The molecule has 8 heteroatoms. The number of hydrogen-bond acceptors (Lipinski definition) is 5. The topological polar surface area (TPSA) is 73.6 Å². The number of benzene rings is 1. The van der Waals surface area contributed by atoms with E-state index in [1.54, 1.807) is 6.07 Å². The van der Waals surface area contributed by atoms with Gasteiger partial charge in [0.2, 0.25) is 0 Å². The van der Waals surface area contributed by atoms with Gasteiger partial charge in [-0.2, -0.15) is 0 Å². The van der Waals surface area contributed by atoms with Gasteiger partial charge in [0, 0.05) is 36.5 Å². The molecule has 1 aromatic heterocycles. The molecule has 0 unspecified atom stereocenters. The Morgan fingerprint density at radius 1 is 1.10 bits per heavy atom. The van der Waals surface area contributed by atoms with Crippen LogP contribution in [0.2, 0.25) is 0 Å². The lowest BCUT2D eigenvalue weighted by molar-refractivity contribution is 0.118. The summed E-state index contributed by atoms with van der Waals surface area (Å²) in [7, 11) is 0. The fourth-order valence-electron chi connectivity index (χ4n) is 4.94. The molecule has 31 heavy (non-hydrogen) atoms. The van der Waals surface area contributed by atoms with Crippen LogP contribution in [-0.2, 0) is 0 Å². The van der Waals surface area contributed by atoms with Gasteiger partial charge in [-0.1, -0.05) is 5.16 Å². The van der Waals surface area contributed by atoms with Crippen LogP contribution >= 0.6 is 0 Å². The number of hydrazine groups is 1. The van der Waals surface area contributed by atoms with Gasteiger partial charge < -0.3 is 14.7 Å². The van der Waals surface area contributed by atoms with Crippen LogP contribution in [0, 0.1) is 11.7 Å². The molecule has 2 N–H and O–H groups in total. The molecule has 3 fully saturated rings. The van der Waals surface area contributed by atoms with Crippen molar-refractivity contribution in [1.29, 1.82) is 0 Å². The molecule has 2 aromatic rings. The molecule has 1 saturated carbocycles. The number of rotatable bonds is 6. The van der Waals surface area contributed by atoms with Crippen molar-refractivity contribution in [2.24, 2.45) is 5.92 Å². The molecule has 0 spiro atoms. The second-order valence-electron chi connectivity index (χ2n) is 9.40. The molecule has 1 aromatic carbocycles. The van der Waals surface area contributed by atoms with Gasteiger partial charge in [-0.15, -0.1) is 0 Å². The second kappa shape index (κ2) is 9.12. The fraction of sp³-hybridized carbons (Fsp3) is 0.652. The number of fused-ring (bicyclic) bond motifs is 1. The molecule has 5 rings (SSSR count). The lowest BCUT2D eigenvalue weighted by Crippen LogP contribution is -2.51. The van der Waals surface area contributed by atoms with Crippen molar-refractivity contribution in [1.82, 2.24) is 25.8 Å². The molecule has 3 heterocycles. The van der Waals surface area contributed by atoms with Gasteiger partial charge in [0.15, 0.2) is 5.58 Å². The predicted molar refractivity (Wildman–Crippen MR) is 116 cm³/mol. The summed E-state index contributed by atoms with van der Waals surface area (Å²) in [6, 6.07) is 5.04. The maximum absolute atomic E-state index is 13.4. The molecule has 1 aliphatic carbocycles. The third-order valence-corrected chi connectivity index (χ3v) is 7.08. The van der Waals surface area contributed by atoms with E-state index in [0.29, 0.717) is 17.5 Å². The minimum absolute atomic E-state index is 0.0474. The van der Waals surface area contributed by atoms with Gasteiger partial charge in [-0.05, 0) is 82.6 Å². The highest BCUT2D eigenvalue weighted by Gasteiger charge is 2.27. The van der Waals surface area contributed by atoms with Gasteiger partial charge in [0.05, 0.1) is 5.69 Å². The first kappa shape index (κ1) is 20.7. The summed E-state index contributed by atoms with van der Waals surface area (Å²) in [5, 5.41) is 10.2. The van der Waals surface area contributed by atoms with Crippen LogP contribution in [0.3, 0.4) is 0 Å². The Morgan fingerprint density at radius 3 is 2.61 bits per heavy atom. The first-order valence-corrected chi connectivity index (χ1v) is 11.7. The largest absolute Gasteiger partial charge is 0.356 e. The summed E-state index contributed by atoms with van der Waals surface area (Å²) >= 11 is 0. The highest BCUT2D eigenvalue weighted by atomic mass is 19.1. The van der Waals surface area contributed by atoms with Crippen molar-refractivity contribution in [2.45, 2.75) is 56.9 Å². The predicted octanol–water partition coefficient (Wildman–Crippen LogP) is 3.63. The van der Waals surface area contributed by atoms with Gasteiger partial charge in [0.25, 0.3) is 0 Å². The van der Waals surface area contributed by atoms with Crippen molar-refractivity contribution in [3.05, 3.63) is 29.7 Å². The molecule has 2 amide bonds. The number of nitrogens with zero attached hydrogens (tertiary/aromatic N) is 3. The minimum Gasteiger partial charge on any atom is -0.356 e. The Bertz CT molecular complexity index is 899. The average molecular weight is 430 g/mol. The average Bonchev–Trinajstić information content (AvgIpc) is 3.49. The van der Waals surface area contributed by atoms with Crippen molar-refractivity contribution in [3.8, 4) is 0 Å². The van der Waals surface area contributed by atoms with Crippen LogP contribution in [0.5, 0.6) is 0 Å². The number of aromatic nitrogens is 1. The van der Waals surface area contributed by atoms with E-state index >= 15 is 0 Å². The smallest absolute Gasteiger partial charge is 0.329 e. The maximum Gasteiger partial charge on any atom is 0.329 e. The molecule has 2 saturated heterocycles. The number of halogens is 1. The Hall–Kier alpha value is -2.19. The molecule has 3 aliphatic rings. The molecule has 0 radical (unpaired) electrons. The van der Waals surface area contributed by atoms with Crippen molar-refractivity contribution >= 4 is 17.0 Å². The molecule has 7 nitrogen and oxygen atoms in total. The van der Waals surface area contributed by atoms with Crippen LogP contribution in [0.1, 0.15) is 56.6 Å². The van der Waals surface area contributed by atoms with E-state index in [0.717, 1.165) is 88.2 Å². The number of amides is 2. The van der Waals surface area contributed by atoms with E-state index in [-0.39, 0.29) is 11.8 Å². The zero-order valence-electron chi connectivity index (χ0n) is 18.0. The molecule has 2 aliphatic heterocycles. The van der Waals surface area contributed by atoms with Gasteiger partial charge in [-0.3, -0.25) is 5.43 Å². The second-order valence-corrected chi connectivity index (χ2v) is 9.40. The fourth-order valence-corrected chi connectivity index (χ4v) is 4.94. The van der Waals surface area contributed by atoms with E-state index < -0.39 is 0 Å². The molecular weight excluding hydrogens is 397 g/mol. The van der Waals surface area contributed by atoms with Gasteiger partial charge >= 0.3 is 6.03 Å². The number of likely N-dealkylation sites (tertiary alicyclic amines) is 1. The molecular formula is C23H32FN5O2. The zero-order chi connectivity index (χ0) is 21.2. The zero-order valence-corrected chi connectivity index (χ0v) is 18.0. The normalized spacial score (nSPS) is 22.1. The third kappa shape index (κ3) is 5.18. The van der Waals surface area contributed by atoms with Crippen molar-refractivity contribution in [2.75, 3.05) is 32.7 Å². The van der Waals surface area contributed by atoms with Crippen LogP contribution in [0.15, 0.2) is 22.7 Å². The monoisotopic (exact) mass is 429 g/mol. The summed E-state index contributed by atoms with van der Waals surface area (Å²) in [4.78, 5) is 14.4. The minimum atomic E-state index is -0.284. The Morgan fingerprint density at radius 2 is 1.87 bits per heavy atom. The summed E-state index contributed by atoms with van der Waals surface area (Å²) in [6.07, 6.45) is 7.86. The molecule has 0 bridgehead atoms. The quantitative estimate of drug-likeness (QED) is 0.734. The number of carbonyl (C=O) groups excluding carboxylic acids is 1. The molecule has 168 valence electrons. The number of hydrogen-bond donors (Lipinski definition) is 2. The molecule has 0 atom stereocenters. The van der Waals surface area contributed by atoms with E-state index in [2.05, 4.69) is 25.8 Å². The van der Waals surface area contributed by atoms with E-state index in [1.807, 2.05) is 0 Å².